The maximum atomic E-state index is 12.8. The van der Waals surface area contributed by atoms with Gasteiger partial charge in [-0.15, -0.1) is 0 Å². The molecule has 2 unspecified atom stereocenters. The van der Waals surface area contributed by atoms with Crippen LogP contribution in [0.15, 0.2) is 59.8 Å². The van der Waals surface area contributed by atoms with E-state index in [-0.39, 0.29) is 36.2 Å². The van der Waals surface area contributed by atoms with Crippen LogP contribution in [0.4, 0.5) is 0 Å². The summed E-state index contributed by atoms with van der Waals surface area (Å²) in [6.45, 7) is 6.29. The zero-order valence-electron chi connectivity index (χ0n) is 22.1. The van der Waals surface area contributed by atoms with E-state index < -0.39 is 18.1 Å². The molecule has 7 N–H and O–H groups in total. The van der Waals surface area contributed by atoms with Gasteiger partial charge in [-0.05, 0) is 49.3 Å². The summed E-state index contributed by atoms with van der Waals surface area (Å²) < 4.78 is 0. The zero-order chi connectivity index (χ0) is 27.7. The van der Waals surface area contributed by atoms with Gasteiger partial charge in [0, 0.05) is 12.1 Å². The molecule has 0 bridgehead atoms. The summed E-state index contributed by atoms with van der Waals surface area (Å²) in [5, 5.41) is 12.6. The Morgan fingerprint density at radius 2 is 1.76 bits per heavy atom. The Bertz CT molecular complexity index is 1120. The normalized spacial score (nSPS) is 19.3. The number of hydrogen-bond acceptors (Lipinski definition) is 7. The number of amides is 2. The number of carbonyl (C=O) groups is 3. The molecular weight excluding hydrogens is 484 g/mol. The van der Waals surface area contributed by atoms with Crippen molar-refractivity contribution < 1.29 is 19.2 Å². The molecule has 1 heterocycles. The molecule has 1 saturated heterocycles. The third-order valence-electron chi connectivity index (χ3n) is 6.68. The third kappa shape index (κ3) is 8.12. The van der Waals surface area contributed by atoms with Crippen molar-refractivity contribution in [1.29, 1.82) is 0 Å². The molecule has 0 saturated carbocycles. The molecule has 1 aliphatic rings. The minimum atomic E-state index is -0.783. The molecule has 0 spiro atoms. The molecule has 1 fully saturated rings. The first-order valence-electron chi connectivity index (χ1n) is 12.9. The first kappa shape index (κ1) is 28.8. The van der Waals surface area contributed by atoms with Crippen LogP contribution >= 0.6 is 0 Å². The number of piperidine rings is 1. The van der Waals surface area contributed by atoms with Crippen molar-refractivity contribution in [3.8, 4) is 0 Å². The molecule has 0 aromatic heterocycles. The molecule has 10 heteroatoms. The van der Waals surface area contributed by atoms with Crippen molar-refractivity contribution in [2.45, 2.75) is 64.2 Å². The van der Waals surface area contributed by atoms with Crippen LogP contribution in [-0.4, -0.2) is 48.3 Å². The van der Waals surface area contributed by atoms with Gasteiger partial charge >= 0.3 is 5.97 Å². The Kier molecular flexibility index (Phi) is 10.4. The average Bonchev–Trinajstić information content (AvgIpc) is 2.94. The van der Waals surface area contributed by atoms with Gasteiger partial charge in [-0.3, -0.25) is 9.59 Å². The number of carbonyl (C=O) groups excluding carboxylic acids is 3. The highest BCUT2D eigenvalue weighted by Gasteiger charge is 2.29. The van der Waals surface area contributed by atoms with E-state index in [1.54, 1.807) is 45.0 Å². The highest BCUT2D eigenvalue weighted by Crippen LogP contribution is 2.27. The van der Waals surface area contributed by atoms with E-state index in [2.05, 4.69) is 33.2 Å². The molecule has 2 aromatic carbocycles. The van der Waals surface area contributed by atoms with Gasteiger partial charge in [0.2, 0.25) is 11.8 Å². The van der Waals surface area contributed by atoms with Crippen molar-refractivity contribution in [2.24, 2.45) is 22.5 Å². The van der Waals surface area contributed by atoms with Gasteiger partial charge < -0.3 is 32.3 Å². The Labute approximate surface area is 223 Å². The van der Waals surface area contributed by atoms with E-state index in [0.29, 0.717) is 17.9 Å². The number of nitrogens with one attached hydrogen (secondary N) is 3. The lowest BCUT2D eigenvalue weighted by molar-refractivity contribution is -0.146. The van der Waals surface area contributed by atoms with Crippen LogP contribution in [0.2, 0.25) is 0 Å². The fraction of sp³-hybridized carbons (Fsp3) is 0.429. The Morgan fingerprint density at radius 3 is 2.42 bits per heavy atom. The Morgan fingerprint density at radius 1 is 1.08 bits per heavy atom. The van der Waals surface area contributed by atoms with Crippen molar-refractivity contribution >= 4 is 23.6 Å². The summed E-state index contributed by atoms with van der Waals surface area (Å²) >= 11 is 0. The summed E-state index contributed by atoms with van der Waals surface area (Å²) in [5.41, 5.74) is 14.2. The minimum absolute atomic E-state index is 0.0343. The molecule has 1 aliphatic heterocycles. The van der Waals surface area contributed by atoms with Gasteiger partial charge in [-0.2, -0.15) is 0 Å². The maximum absolute atomic E-state index is 12.8. The zero-order valence-corrected chi connectivity index (χ0v) is 22.1. The van der Waals surface area contributed by atoms with Gasteiger partial charge in [0.25, 0.3) is 0 Å². The molecule has 3 rings (SSSR count). The molecule has 0 aliphatic carbocycles. The van der Waals surface area contributed by atoms with Gasteiger partial charge in [-0.25, -0.2) is 4.79 Å². The molecular formula is C28H38N6O4. The smallest absolute Gasteiger partial charge is 0.351 e. The predicted molar refractivity (Wildman–Crippen MR) is 146 cm³/mol. The minimum Gasteiger partial charge on any atom is -0.380 e. The number of nitrogens with two attached hydrogens (primary N) is 2. The van der Waals surface area contributed by atoms with Crippen LogP contribution in [0.25, 0.3) is 0 Å². The van der Waals surface area contributed by atoms with Gasteiger partial charge in [0.15, 0.2) is 5.84 Å². The lowest BCUT2D eigenvalue weighted by Crippen LogP contribution is -2.53. The van der Waals surface area contributed by atoms with E-state index in [4.69, 9.17) is 16.3 Å². The molecule has 10 nitrogen and oxygen atoms in total. The highest BCUT2D eigenvalue weighted by atomic mass is 16.7. The van der Waals surface area contributed by atoms with Crippen LogP contribution in [0.1, 0.15) is 56.2 Å². The van der Waals surface area contributed by atoms with Crippen LogP contribution in [-0.2, 0) is 25.8 Å². The molecule has 0 radical (unpaired) electrons. The second-order valence-corrected chi connectivity index (χ2v) is 9.94. The summed E-state index contributed by atoms with van der Waals surface area (Å²) in [5.74, 6) is -0.856. The SMILES string of the molecule is CC(NC(=O)[C@H]1C[C@@H](c2ccccc2)CCN1)C(=O)NCc1ccc(/C(N)=N/OC(=O)C(N)C(C)C)cc1. The fourth-order valence-corrected chi connectivity index (χ4v) is 4.14. The summed E-state index contributed by atoms with van der Waals surface area (Å²) in [7, 11) is 0. The van der Waals surface area contributed by atoms with Crippen molar-refractivity contribution in [2.75, 3.05) is 6.54 Å². The second-order valence-electron chi connectivity index (χ2n) is 9.94. The van der Waals surface area contributed by atoms with Gasteiger partial charge in [-0.1, -0.05) is 73.6 Å². The molecule has 4 atom stereocenters. The number of nitrogens with zero attached hydrogens (tertiary/aromatic N) is 1. The second kappa shape index (κ2) is 13.7. The number of rotatable bonds is 10. The number of amidine groups is 1. The highest BCUT2D eigenvalue weighted by molar-refractivity contribution is 5.97. The Balaban J connectivity index is 1.45. The van der Waals surface area contributed by atoms with Crippen molar-refractivity contribution in [3.63, 3.8) is 0 Å². The number of hydrogen-bond donors (Lipinski definition) is 5. The number of benzene rings is 2. The van der Waals surface area contributed by atoms with Crippen LogP contribution in [0.3, 0.4) is 0 Å². The van der Waals surface area contributed by atoms with E-state index >= 15 is 0 Å². The lowest BCUT2D eigenvalue weighted by atomic mass is 9.86. The van der Waals surface area contributed by atoms with E-state index in [9.17, 15) is 14.4 Å². The van der Waals surface area contributed by atoms with E-state index in [1.165, 1.54) is 5.56 Å². The molecule has 204 valence electrons. The van der Waals surface area contributed by atoms with Gasteiger partial charge in [0.1, 0.15) is 12.1 Å². The van der Waals surface area contributed by atoms with E-state index in [1.807, 2.05) is 18.2 Å². The molecule has 2 aromatic rings. The average molecular weight is 523 g/mol. The predicted octanol–water partition coefficient (Wildman–Crippen LogP) is 1.49. The summed E-state index contributed by atoms with van der Waals surface area (Å²) in [4.78, 5) is 42.1. The topological polar surface area (TPSA) is 161 Å². The maximum Gasteiger partial charge on any atom is 0.351 e. The van der Waals surface area contributed by atoms with Crippen LogP contribution < -0.4 is 27.4 Å². The van der Waals surface area contributed by atoms with E-state index in [0.717, 1.165) is 18.5 Å². The quantitative estimate of drug-likeness (QED) is 0.137. The monoisotopic (exact) mass is 522 g/mol. The first-order valence-corrected chi connectivity index (χ1v) is 12.9. The Hall–Kier alpha value is -3.76. The fourth-order valence-electron chi connectivity index (χ4n) is 4.14. The van der Waals surface area contributed by atoms with Crippen LogP contribution in [0, 0.1) is 5.92 Å². The van der Waals surface area contributed by atoms with Crippen molar-refractivity contribution in [3.05, 3.63) is 71.3 Å². The first-order chi connectivity index (χ1) is 18.2. The molecule has 38 heavy (non-hydrogen) atoms. The van der Waals surface area contributed by atoms with Crippen molar-refractivity contribution in [1.82, 2.24) is 16.0 Å². The third-order valence-corrected chi connectivity index (χ3v) is 6.68. The standard InChI is InChI=1S/C28H38N6O4/c1-17(2)24(29)28(37)38-34-25(30)21-11-9-19(10-12-21)16-32-26(35)18(3)33-27(36)23-15-22(13-14-31-23)20-7-5-4-6-8-20/h4-12,17-18,22-24,31H,13-16,29H2,1-3H3,(H2,30,34)(H,32,35)(H,33,36)/t18?,22-,23+,24?/m0/s1. The summed E-state index contributed by atoms with van der Waals surface area (Å²) in [6.07, 6.45) is 1.66. The number of oxime groups is 1. The van der Waals surface area contributed by atoms with Crippen LogP contribution in [0.5, 0.6) is 0 Å². The summed E-state index contributed by atoms with van der Waals surface area (Å²) in [6, 6.07) is 15.3. The van der Waals surface area contributed by atoms with Gasteiger partial charge in [0.05, 0.1) is 6.04 Å². The lowest BCUT2D eigenvalue weighted by Gasteiger charge is -2.30. The largest absolute Gasteiger partial charge is 0.380 e. The molecule has 2 amide bonds.